The van der Waals surface area contributed by atoms with Crippen molar-refractivity contribution in [2.45, 2.75) is 12.5 Å². The van der Waals surface area contributed by atoms with E-state index in [1.807, 2.05) is 0 Å². The molecule has 23 heavy (non-hydrogen) atoms. The minimum Gasteiger partial charge on any atom is -0.462 e. The Bertz CT molecular complexity index is 318. The van der Waals surface area contributed by atoms with E-state index in [4.69, 9.17) is 34.3 Å². The lowest BCUT2D eigenvalue weighted by Crippen LogP contribution is -2.20. The molecule has 0 aliphatic carbocycles. The van der Waals surface area contributed by atoms with Crippen LogP contribution in [0.25, 0.3) is 0 Å². The first kappa shape index (κ1) is 23.7. The number of hydrogen-bond acceptors (Lipinski definition) is 9. The van der Waals surface area contributed by atoms with Gasteiger partial charge >= 0.3 is 5.97 Å². The van der Waals surface area contributed by atoms with E-state index in [1.54, 1.807) is 0 Å². The number of isocyanates is 1. The first-order chi connectivity index (χ1) is 11.1. The summed E-state index contributed by atoms with van der Waals surface area (Å²) in [6.45, 7) is 5.50. The minimum absolute atomic E-state index is 0.00309. The molecule has 0 saturated heterocycles. The summed E-state index contributed by atoms with van der Waals surface area (Å²) in [5.74, 6) is -0.505. The van der Waals surface area contributed by atoms with Gasteiger partial charge in [0.25, 0.3) is 0 Å². The topological polar surface area (TPSA) is 135 Å². The second kappa shape index (κ2) is 20.4. The smallest absolute Gasteiger partial charge is 0.330 e. The maximum atomic E-state index is 10.7. The van der Waals surface area contributed by atoms with E-state index in [-0.39, 0.29) is 19.8 Å². The Labute approximate surface area is 135 Å². The van der Waals surface area contributed by atoms with Crippen LogP contribution in [-0.2, 0) is 28.5 Å². The molecule has 0 bridgehead atoms. The summed E-state index contributed by atoms with van der Waals surface area (Å²) in [4.78, 5) is 19.1. The van der Waals surface area contributed by atoms with Gasteiger partial charge in [-0.05, 0) is 0 Å². The van der Waals surface area contributed by atoms with Crippen molar-refractivity contribution in [3.8, 4) is 0 Å². The van der Waals surface area contributed by atoms with Crippen LogP contribution in [0.3, 0.4) is 0 Å². The molecular formula is C14H25NO8. The van der Waals surface area contributed by atoms with Crippen LogP contribution in [0, 0.1) is 5.41 Å². The average molecular weight is 335 g/mol. The summed E-state index contributed by atoms with van der Waals surface area (Å²) in [6, 6.07) is 0. The Morgan fingerprint density at radius 1 is 1.13 bits per heavy atom. The molecule has 0 aromatic heterocycles. The van der Waals surface area contributed by atoms with Gasteiger partial charge in [-0.25, -0.2) is 15.0 Å². The van der Waals surface area contributed by atoms with Crippen molar-refractivity contribution < 1.29 is 38.7 Å². The van der Waals surface area contributed by atoms with Gasteiger partial charge in [-0.3, -0.25) is 0 Å². The molecule has 0 aromatic carbocycles. The first-order valence-electron chi connectivity index (χ1n) is 6.97. The quantitative estimate of drug-likeness (QED) is 0.126. The van der Waals surface area contributed by atoms with Crippen LogP contribution in [0.5, 0.6) is 0 Å². The van der Waals surface area contributed by atoms with E-state index < -0.39 is 12.1 Å². The highest BCUT2D eigenvalue weighted by Gasteiger charge is 2.05. The first-order valence-corrected chi connectivity index (χ1v) is 6.97. The lowest BCUT2D eigenvalue weighted by atomic mass is 10.3. The Kier molecular flexibility index (Phi) is 21.0. The van der Waals surface area contributed by atoms with E-state index in [0.29, 0.717) is 39.5 Å². The highest BCUT2D eigenvalue weighted by molar-refractivity contribution is 5.81. The summed E-state index contributed by atoms with van der Waals surface area (Å²) in [5.41, 5.74) is 0. The number of aliphatic hydroxyl groups is 2. The van der Waals surface area contributed by atoms with Crippen LogP contribution >= 0.6 is 0 Å². The van der Waals surface area contributed by atoms with E-state index in [0.717, 1.165) is 12.2 Å². The maximum absolute atomic E-state index is 10.7. The van der Waals surface area contributed by atoms with Crippen LogP contribution < -0.4 is 0 Å². The molecule has 0 heterocycles. The van der Waals surface area contributed by atoms with Crippen LogP contribution in [0.2, 0.25) is 0 Å². The summed E-state index contributed by atoms with van der Waals surface area (Å²) >= 11 is 0. The zero-order valence-corrected chi connectivity index (χ0v) is 13.1. The van der Waals surface area contributed by atoms with Gasteiger partial charge in [0.1, 0.15) is 0 Å². The number of ether oxygens (including phenoxy) is 4. The van der Waals surface area contributed by atoms with Gasteiger partial charge in [-0.1, -0.05) is 6.58 Å². The van der Waals surface area contributed by atoms with Crippen molar-refractivity contribution in [3.63, 3.8) is 0 Å². The van der Waals surface area contributed by atoms with Crippen molar-refractivity contribution in [1.82, 2.24) is 0 Å². The van der Waals surface area contributed by atoms with Gasteiger partial charge in [0.05, 0.1) is 59.0 Å². The summed E-state index contributed by atoms with van der Waals surface area (Å²) in [5, 5.41) is 23.4. The third-order valence-corrected chi connectivity index (χ3v) is 2.15. The van der Waals surface area contributed by atoms with E-state index in [1.165, 1.54) is 0 Å². The zero-order valence-electron chi connectivity index (χ0n) is 13.1. The molecule has 3 N–H and O–H groups in total. The number of aliphatic hydroxyl groups excluding tert-OH is 2. The standard InChI is InChI=1S/C13H24O7.CHNO/c1-2-13(16)20-5-3-12(15)11-19-10-9-18-8-7-17-6-4-14;2-1-3/h2,12,14-15H,1,3-11H2;2H. The minimum atomic E-state index is -0.680. The van der Waals surface area contributed by atoms with Crippen LogP contribution in [0.1, 0.15) is 6.42 Å². The fraction of sp³-hybridized carbons (Fsp3) is 0.714. The van der Waals surface area contributed by atoms with Gasteiger partial charge in [0.2, 0.25) is 6.08 Å². The predicted octanol–water partition coefficient (Wildman–Crippen LogP) is -0.590. The number of esters is 1. The molecular weight excluding hydrogens is 310 g/mol. The van der Waals surface area contributed by atoms with Gasteiger partial charge in [0.15, 0.2) is 0 Å². The van der Waals surface area contributed by atoms with E-state index >= 15 is 0 Å². The van der Waals surface area contributed by atoms with Crippen molar-refractivity contribution in [1.29, 1.82) is 5.41 Å². The Balaban J connectivity index is 0. The fourth-order valence-corrected chi connectivity index (χ4v) is 1.16. The van der Waals surface area contributed by atoms with E-state index in [2.05, 4.69) is 6.58 Å². The molecule has 134 valence electrons. The van der Waals surface area contributed by atoms with Gasteiger partial charge in [-0.15, -0.1) is 0 Å². The molecule has 0 rings (SSSR count). The molecule has 0 aliphatic rings. The maximum Gasteiger partial charge on any atom is 0.330 e. The van der Waals surface area contributed by atoms with Crippen molar-refractivity contribution >= 4 is 12.0 Å². The molecule has 1 atom stereocenters. The molecule has 1 unspecified atom stereocenters. The monoisotopic (exact) mass is 335 g/mol. The normalized spacial score (nSPS) is 10.9. The summed E-state index contributed by atoms with van der Waals surface area (Å²) < 4.78 is 20.1. The third kappa shape index (κ3) is 22.8. The van der Waals surface area contributed by atoms with Crippen LogP contribution in [-0.4, -0.2) is 81.2 Å². The number of rotatable bonds is 14. The van der Waals surface area contributed by atoms with Gasteiger partial charge in [0, 0.05) is 12.5 Å². The average Bonchev–Trinajstić information content (AvgIpc) is 2.54. The number of nitrogens with one attached hydrogen (secondary N) is 1. The van der Waals surface area contributed by atoms with Gasteiger partial charge in [-0.2, -0.15) is 0 Å². The summed E-state index contributed by atoms with van der Waals surface area (Å²) in [6.07, 6.45) is 1.46. The van der Waals surface area contributed by atoms with Crippen molar-refractivity contribution in [2.24, 2.45) is 0 Å². The van der Waals surface area contributed by atoms with Crippen molar-refractivity contribution in [3.05, 3.63) is 12.7 Å². The molecule has 0 saturated carbocycles. The second-order valence-electron chi connectivity index (χ2n) is 3.94. The molecule has 0 spiro atoms. The molecule has 9 nitrogen and oxygen atoms in total. The number of carbonyl (C=O) groups is 1. The Hall–Kier alpha value is -1.61. The Morgan fingerprint density at radius 3 is 2.17 bits per heavy atom. The summed E-state index contributed by atoms with van der Waals surface area (Å²) in [7, 11) is 0. The molecule has 0 aliphatic heterocycles. The molecule has 0 aromatic rings. The number of hydrogen-bond donors (Lipinski definition) is 3. The number of carbonyl (C=O) groups excluding carboxylic acids is 2. The largest absolute Gasteiger partial charge is 0.462 e. The van der Waals surface area contributed by atoms with Crippen molar-refractivity contribution in [2.75, 3.05) is 52.9 Å². The lowest BCUT2D eigenvalue weighted by molar-refractivity contribution is -0.138. The fourth-order valence-electron chi connectivity index (χ4n) is 1.16. The van der Waals surface area contributed by atoms with Crippen LogP contribution in [0.4, 0.5) is 0 Å². The Morgan fingerprint density at radius 2 is 1.65 bits per heavy atom. The highest BCUT2D eigenvalue weighted by atomic mass is 16.5. The SMILES string of the molecule is C=CC(=O)OCCC(O)COCCOCCOCCO.N=C=O. The molecule has 0 radical (unpaired) electrons. The van der Waals surface area contributed by atoms with Gasteiger partial charge < -0.3 is 29.2 Å². The highest BCUT2D eigenvalue weighted by Crippen LogP contribution is 1.95. The van der Waals surface area contributed by atoms with Crippen LogP contribution in [0.15, 0.2) is 12.7 Å². The third-order valence-electron chi connectivity index (χ3n) is 2.15. The van der Waals surface area contributed by atoms with E-state index in [9.17, 15) is 9.90 Å². The second-order valence-corrected chi connectivity index (χ2v) is 3.94. The zero-order chi connectivity index (χ0) is 17.8. The molecule has 0 fully saturated rings. The molecule has 9 heteroatoms. The predicted molar refractivity (Wildman–Crippen MR) is 79.7 cm³/mol. The molecule has 0 amide bonds. The lowest BCUT2D eigenvalue weighted by Gasteiger charge is -2.11.